The molecule has 2 aliphatic heterocycles. The minimum absolute atomic E-state index is 0.000713. The Labute approximate surface area is 490 Å². The lowest BCUT2D eigenvalue weighted by molar-refractivity contribution is -0.139. The number of hydrogen-bond acceptors (Lipinski definition) is 21. The fourth-order valence-electron chi connectivity index (χ4n) is 8.85. The maximum Gasteiger partial charge on any atom is 0.354 e. The quantitative estimate of drug-likeness (QED) is 0.0841. The number of hydrogen-bond donors (Lipinski definition) is 5. The first-order valence-electron chi connectivity index (χ1n) is 28.6. The number of ether oxygens (including phenoxy) is 8. The number of nitrogens with zero attached hydrogens (tertiary/aromatic N) is 8. The first kappa shape index (κ1) is 66.6. The molecule has 1 atom stereocenters. The summed E-state index contributed by atoms with van der Waals surface area (Å²) in [6.07, 6.45) is 0.989. The molecule has 0 aromatic carbocycles. The van der Waals surface area contributed by atoms with Gasteiger partial charge in [0.15, 0.2) is 0 Å². The number of unbranched alkanes of at least 4 members (excludes halogenated alkanes) is 1. The average Bonchev–Trinajstić information content (AvgIpc) is 3.68. The topological polar surface area (TPSA) is 308 Å². The number of aromatic nitrogens is 4. The lowest BCUT2D eigenvalue weighted by Crippen LogP contribution is -2.41. The van der Waals surface area contributed by atoms with Crippen LogP contribution in [0.1, 0.15) is 84.0 Å². The molecule has 0 bridgehead atoms. The summed E-state index contributed by atoms with van der Waals surface area (Å²) in [6.45, 7) is 13.1. The zero-order chi connectivity index (χ0) is 59.4. The number of rotatable bonds is 19. The number of aliphatic carboxylic acids is 1. The Hall–Kier alpha value is -6.53. The second kappa shape index (κ2) is 39.2. The van der Waals surface area contributed by atoms with Crippen LogP contribution in [-0.4, -0.2) is 255 Å². The average molecular weight is 1180 g/mol. The van der Waals surface area contributed by atoms with E-state index in [4.69, 9.17) is 37.9 Å². The third kappa shape index (κ3) is 26.6. The summed E-state index contributed by atoms with van der Waals surface area (Å²) in [5.74, 6) is -4.31. The van der Waals surface area contributed by atoms with Gasteiger partial charge in [0, 0.05) is 85.1 Å². The maximum absolute atomic E-state index is 13.4. The second-order valence-electron chi connectivity index (χ2n) is 19.8. The van der Waals surface area contributed by atoms with Crippen LogP contribution in [-0.2, 0) is 68.9 Å². The fourth-order valence-corrected chi connectivity index (χ4v) is 8.85. The van der Waals surface area contributed by atoms with E-state index in [0.29, 0.717) is 220 Å². The van der Waals surface area contributed by atoms with Crippen molar-refractivity contribution >= 4 is 29.7 Å². The molecule has 4 aromatic heterocycles. The van der Waals surface area contributed by atoms with Crippen molar-refractivity contribution in [3.8, 4) is 0 Å². The number of amides is 2. The van der Waals surface area contributed by atoms with Gasteiger partial charge >= 0.3 is 17.9 Å². The van der Waals surface area contributed by atoms with Gasteiger partial charge in [-0.05, 0) is 67.8 Å². The number of aromatic carboxylic acids is 2. The molecule has 2 fully saturated rings. The predicted molar refractivity (Wildman–Crippen MR) is 304 cm³/mol. The molecule has 6 rings (SSSR count). The summed E-state index contributed by atoms with van der Waals surface area (Å²) >= 11 is 0. The Kier molecular flexibility index (Phi) is 31.0. The zero-order valence-corrected chi connectivity index (χ0v) is 47.9. The minimum Gasteiger partial charge on any atom is -0.480 e. The molecule has 4 aromatic rings. The Morgan fingerprint density at radius 1 is 0.393 bits per heavy atom. The van der Waals surface area contributed by atoms with Crippen molar-refractivity contribution in [2.75, 3.05) is 165 Å². The van der Waals surface area contributed by atoms with E-state index in [1.54, 1.807) is 54.6 Å². The van der Waals surface area contributed by atoms with Crippen molar-refractivity contribution < 1.29 is 77.2 Å². The normalized spacial score (nSPS) is 18.2. The lowest BCUT2D eigenvalue weighted by atomic mass is 10.1. The molecule has 460 valence electrons. The van der Waals surface area contributed by atoms with E-state index in [2.05, 4.69) is 50.2 Å². The lowest BCUT2D eigenvalue weighted by Gasteiger charge is -2.23. The summed E-state index contributed by atoms with van der Waals surface area (Å²) in [7, 11) is 0. The number of carbonyl (C=O) groups is 5. The van der Waals surface area contributed by atoms with Crippen LogP contribution in [0, 0.1) is 0 Å². The van der Waals surface area contributed by atoms with Gasteiger partial charge in [0.1, 0.15) is 28.8 Å². The van der Waals surface area contributed by atoms with Gasteiger partial charge in [0.05, 0.1) is 128 Å². The molecule has 84 heavy (non-hydrogen) atoms. The van der Waals surface area contributed by atoms with E-state index in [1.807, 2.05) is 6.07 Å². The predicted octanol–water partition coefficient (Wildman–Crippen LogP) is 2.21. The molecule has 0 saturated carbocycles. The van der Waals surface area contributed by atoms with E-state index in [9.17, 15) is 39.3 Å². The van der Waals surface area contributed by atoms with Crippen LogP contribution in [0.2, 0.25) is 0 Å². The van der Waals surface area contributed by atoms with Gasteiger partial charge in [-0.2, -0.15) is 0 Å². The molecule has 0 aliphatic carbocycles. The molecule has 0 spiro atoms. The monoisotopic (exact) mass is 1170 g/mol. The van der Waals surface area contributed by atoms with Gasteiger partial charge in [0.2, 0.25) is 0 Å². The largest absolute Gasteiger partial charge is 0.480 e. The standard InChI is InChI=1S/C58H82N10O16/c69-54(49-12-3-7-45(60-49)41-65-17-25-77-33-37-81-29-21-67(22-30-82-38-34-78-26-18-65)43-47-9-5-14-51(62-47)56(71)72)59-16-2-1-11-53(58(75)76)64-55(70)50-13-4-8-46(61-50)42-66-19-27-79-35-39-83-31-23-68(24-32-84-40-36-80-28-20-66)44-48-10-6-15-52(63-48)57(73)74/h3-10,12-15,53H,1-2,11,16-44H2,(H,59,69)(H,64,70)(H,71,72)(H,73,74)(H,75,76). The van der Waals surface area contributed by atoms with Crippen molar-refractivity contribution in [3.63, 3.8) is 0 Å². The van der Waals surface area contributed by atoms with E-state index < -0.39 is 29.9 Å². The number of carbonyl (C=O) groups excluding carboxylic acids is 2. The number of carboxylic acids is 3. The van der Waals surface area contributed by atoms with Crippen LogP contribution in [0.3, 0.4) is 0 Å². The van der Waals surface area contributed by atoms with Crippen LogP contribution in [0.4, 0.5) is 0 Å². The number of nitrogens with one attached hydrogen (secondary N) is 2. The summed E-state index contributed by atoms with van der Waals surface area (Å²) in [5.41, 5.74) is 2.91. The molecular formula is C58H82N10O16. The number of carboxylic acid groups (broad SMARTS) is 3. The van der Waals surface area contributed by atoms with Gasteiger partial charge in [-0.1, -0.05) is 24.3 Å². The first-order valence-corrected chi connectivity index (χ1v) is 28.6. The summed E-state index contributed by atoms with van der Waals surface area (Å²) in [4.78, 5) is 88.0. The highest BCUT2D eigenvalue weighted by molar-refractivity contribution is 5.95. The molecule has 5 N–H and O–H groups in total. The summed E-state index contributed by atoms with van der Waals surface area (Å²) in [6, 6.07) is 19.0. The Morgan fingerprint density at radius 2 is 0.679 bits per heavy atom. The molecule has 6 heterocycles. The van der Waals surface area contributed by atoms with E-state index in [1.165, 1.54) is 12.1 Å². The van der Waals surface area contributed by atoms with Gasteiger partial charge in [0.25, 0.3) is 11.8 Å². The molecule has 1 unspecified atom stereocenters. The number of pyridine rings is 4. The van der Waals surface area contributed by atoms with Gasteiger partial charge in [-0.15, -0.1) is 0 Å². The summed E-state index contributed by atoms with van der Waals surface area (Å²) < 4.78 is 47.0. The summed E-state index contributed by atoms with van der Waals surface area (Å²) in [5, 5.41) is 34.3. The highest BCUT2D eigenvalue weighted by Gasteiger charge is 2.22. The van der Waals surface area contributed by atoms with Crippen LogP contribution < -0.4 is 10.6 Å². The molecule has 2 aliphatic rings. The van der Waals surface area contributed by atoms with Crippen LogP contribution in [0.15, 0.2) is 72.8 Å². The van der Waals surface area contributed by atoms with Crippen LogP contribution in [0.5, 0.6) is 0 Å². The smallest absolute Gasteiger partial charge is 0.354 e. The molecule has 26 heteroatoms. The third-order valence-corrected chi connectivity index (χ3v) is 13.4. The first-order chi connectivity index (χ1) is 41.0. The van der Waals surface area contributed by atoms with E-state index in [0.717, 1.165) is 0 Å². The van der Waals surface area contributed by atoms with E-state index in [-0.39, 0.29) is 41.6 Å². The molecule has 0 radical (unpaired) electrons. The highest BCUT2D eigenvalue weighted by atomic mass is 16.5. The van der Waals surface area contributed by atoms with Crippen molar-refractivity contribution in [2.45, 2.75) is 51.5 Å². The van der Waals surface area contributed by atoms with Gasteiger partial charge in [-0.25, -0.2) is 34.3 Å². The SMILES string of the molecule is O=C(O)c1cccc(CN2CCOCCOCCN(Cc3cccc(C(=O)NCCCCC(NC(=O)c4cccc(CN5CCOCCOCCN(Cc6cccc(C(=O)O)n6)CCOCCOCC5)n4)C(=O)O)n3)CCOCCOCC2)n1. The fraction of sp³-hybridized carbons (Fsp3) is 0.569. The third-order valence-electron chi connectivity index (χ3n) is 13.4. The Balaban J connectivity index is 0.883. The molecule has 2 saturated heterocycles. The van der Waals surface area contributed by atoms with E-state index >= 15 is 0 Å². The van der Waals surface area contributed by atoms with Crippen molar-refractivity contribution in [1.29, 1.82) is 0 Å². The zero-order valence-electron chi connectivity index (χ0n) is 47.9. The Morgan fingerprint density at radius 3 is 0.976 bits per heavy atom. The van der Waals surface area contributed by atoms with Gasteiger partial charge < -0.3 is 63.8 Å². The van der Waals surface area contributed by atoms with Crippen LogP contribution in [0.25, 0.3) is 0 Å². The molecule has 2 amide bonds. The van der Waals surface area contributed by atoms with Crippen molar-refractivity contribution in [2.24, 2.45) is 0 Å². The molecular weight excluding hydrogens is 1090 g/mol. The minimum atomic E-state index is -1.18. The Bertz CT molecular complexity index is 2570. The second-order valence-corrected chi connectivity index (χ2v) is 19.8. The van der Waals surface area contributed by atoms with Crippen LogP contribution >= 0.6 is 0 Å². The van der Waals surface area contributed by atoms with Crippen molar-refractivity contribution in [1.82, 2.24) is 50.2 Å². The molecule has 26 nitrogen and oxygen atoms in total. The van der Waals surface area contributed by atoms with Crippen molar-refractivity contribution in [3.05, 3.63) is 118 Å². The maximum atomic E-state index is 13.4. The van der Waals surface area contributed by atoms with Gasteiger partial charge in [-0.3, -0.25) is 29.2 Å². The highest BCUT2D eigenvalue weighted by Crippen LogP contribution is 2.11.